The summed E-state index contributed by atoms with van der Waals surface area (Å²) in [7, 11) is -2.70. The first kappa shape index (κ1) is 7.54. The summed E-state index contributed by atoms with van der Waals surface area (Å²) in [5, 5.41) is 0. The van der Waals surface area contributed by atoms with Crippen molar-refractivity contribution in [3.05, 3.63) is 0 Å². The minimum absolute atomic E-state index is 0.368. The molecule has 0 aromatic carbocycles. The molecule has 1 N–H and O–H groups in total. The maximum Gasteiger partial charge on any atom is 0.207 e. The van der Waals surface area contributed by atoms with Crippen molar-refractivity contribution in [2.45, 2.75) is 0 Å². The predicted molar refractivity (Wildman–Crippen MR) is 34.1 cm³/mol. The van der Waals surface area contributed by atoms with Crippen molar-refractivity contribution in [1.82, 2.24) is 0 Å². The van der Waals surface area contributed by atoms with Gasteiger partial charge in [-0.25, -0.2) is 0 Å². The maximum absolute atomic E-state index is 10.3. The molecule has 0 aliphatic carbocycles. The Kier molecular flexibility index (Phi) is 2.96. The zero-order chi connectivity index (χ0) is 5.91. The van der Waals surface area contributed by atoms with Gasteiger partial charge in [-0.2, -0.15) is 11.8 Å². The molecule has 0 rings (SSSR count). The van der Waals surface area contributed by atoms with E-state index in [9.17, 15) is 4.57 Å². The predicted octanol–water partition coefficient (Wildman–Crippen LogP) is 1.21. The molecule has 0 heterocycles. The minimum atomic E-state index is -2.70. The van der Waals surface area contributed by atoms with Gasteiger partial charge >= 0.3 is 0 Å². The Balaban J connectivity index is 3.36. The van der Waals surface area contributed by atoms with Crippen LogP contribution in [-0.2, 0) is 4.57 Å². The van der Waals surface area contributed by atoms with Crippen LogP contribution in [0, 0.1) is 0 Å². The van der Waals surface area contributed by atoms with Crippen LogP contribution in [0.4, 0.5) is 0 Å². The Morgan fingerprint density at radius 2 is 2.29 bits per heavy atom. The summed E-state index contributed by atoms with van der Waals surface area (Å²) in [5.74, 6) is 0. The topological polar surface area (TPSA) is 37.3 Å². The molecule has 0 aromatic rings. The van der Waals surface area contributed by atoms with E-state index in [0.717, 1.165) is 0 Å². The van der Waals surface area contributed by atoms with Gasteiger partial charge < -0.3 is 4.89 Å². The largest absolute Gasteiger partial charge is 0.344 e. The highest BCUT2D eigenvalue weighted by atomic mass is 32.2. The van der Waals surface area contributed by atoms with E-state index in [1.165, 1.54) is 18.4 Å². The molecule has 0 saturated carbocycles. The first-order chi connectivity index (χ1) is 3.06. The highest BCUT2D eigenvalue weighted by Gasteiger charge is 2.05. The first-order valence-electron chi connectivity index (χ1n) is 1.84. The second-order valence-electron chi connectivity index (χ2n) is 1.47. The molecule has 0 radical (unpaired) electrons. The molecular formula is C3H9O2PS. The Morgan fingerprint density at radius 1 is 1.86 bits per heavy atom. The molecule has 0 fully saturated rings. The lowest BCUT2D eigenvalue weighted by Gasteiger charge is -1.98. The number of rotatable bonds is 2. The lowest BCUT2D eigenvalue weighted by Crippen LogP contribution is -1.76. The van der Waals surface area contributed by atoms with E-state index in [0.29, 0.717) is 5.49 Å². The van der Waals surface area contributed by atoms with Crippen molar-refractivity contribution < 1.29 is 9.46 Å². The SMILES string of the molecule is CSCP(C)(=O)O. The number of thioether (sulfide) groups is 1. The zero-order valence-electron chi connectivity index (χ0n) is 4.42. The standard InChI is InChI=1S/C3H9O2PS/c1-6(4,5)3-7-2/h3H2,1-2H3,(H,4,5). The fourth-order valence-electron chi connectivity index (χ4n) is 0.240. The van der Waals surface area contributed by atoms with Crippen LogP contribution in [0.5, 0.6) is 0 Å². The zero-order valence-corrected chi connectivity index (χ0v) is 6.13. The Bertz CT molecular complexity index is 86.9. The van der Waals surface area contributed by atoms with Gasteiger partial charge in [-0.1, -0.05) is 0 Å². The Labute approximate surface area is 47.8 Å². The monoisotopic (exact) mass is 140 g/mol. The number of hydrogen-bond acceptors (Lipinski definition) is 2. The highest BCUT2D eigenvalue weighted by Crippen LogP contribution is 2.38. The van der Waals surface area contributed by atoms with E-state index in [1.54, 1.807) is 0 Å². The quantitative estimate of drug-likeness (QED) is 0.586. The average Bonchev–Trinajstić information content (AvgIpc) is 1.30. The molecule has 0 aliphatic rings. The average molecular weight is 140 g/mol. The van der Waals surface area contributed by atoms with E-state index >= 15 is 0 Å². The molecular weight excluding hydrogens is 131 g/mol. The van der Waals surface area contributed by atoms with Gasteiger partial charge in [-0.3, -0.25) is 4.57 Å². The first-order valence-corrected chi connectivity index (χ1v) is 5.53. The van der Waals surface area contributed by atoms with Gasteiger partial charge in [0.15, 0.2) is 0 Å². The fourth-order valence-corrected chi connectivity index (χ4v) is 2.16. The number of hydrogen-bond donors (Lipinski definition) is 1. The van der Waals surface area contributed by atoms with Crippen LogP contribution in [0.1, 0.15) is 0 Å². The van der Waals surface area contributed by atoms with Crippen LogP contribution in [-0.4, -0.2) is 23.3 Å². The molecule has 0 amide bonds. The summed E-state index contributed by atoms with van der Waals surface area (Å²) in [6.45, 7) is 1.36. The molecule has 1 atom stereocenters. The molecule has 0 bridgehead atoms. The van der Waals surface area contributed by atoms with Crippen LogP contribution in [0.3, 0.4) is 0 Å². The molecule has 7 heavy (non-hydrogen) atoms. The second kappa shape index (κ2) is 2.75. The summed E-state index contributed by atoms with van der Waals surface area (Å²) in [5.41, 5.74) is 0.368. The van der Waals surface area contributed by atoms with Crippen molar-refractivity contribution in [2.24, 2.45) is 0 Å². The van der Waals surface area contributed by atoms with Crippen LogP contribution in [0.25, 0.3) is 0 Å². The summed E-state index contributed by atoms with van der Waals surface area (Å²) in [6, 6.07) is 0. The molecule has 44 valence electrons. The van der Waals surface area contributed by atoms with Gasteiger partial charge in [0.05, 0.1) is 5.49 Å². The molecule has 4 heteroatoms. The van der Waals surface area contributed by atoms with Crippen LogP contribution in [0.15, 0.2) is 0 Å². The molecule has 0 spiro atoms. The van der Waals surface area contributed by atoms with E-state index in [-0.39, 0.29) is 0 Å². The van der Waals surface area contributed by atoms with Gasteiger partial charge in [0.2, 0.25) is 7.37 Å². The minimum Gasteiger partial charge on any atom is -0.344 e. The Hall–Kier alpha value is 0.540. The molecule has 2 nitrogen and oxygen atoms in total. The van der Waals surface area contributed by atoms with E-state index in [2.05, 4.69) is 0 Å². The third kappa shape index (κ3) is 6.54. The van der Waals surface area contributed by atoms with E-state index in [1.807, 2.05) is 6.26 Å². The maximum atomic E-state index is 10.3. The second-order valence-corrected chi connectivity index (χ2v) is 5.18. The summed E-state index contributed by atoms with van der Waals surface area (Å²) in [4.78, 5) is 8.55. The van der Waals surface area contributed by atoms with Crippen molar-refractivity contribution in [2.75, 3.05) is 18.4 Å². The van der Waals surface area contributed by atoms with Crippen molar-refractivity contribution in [1.29, 1.82) is 0 Å². The van der Waals surface area contributed by atoms with Crippen LogP contribution < -0.4 is 0 Å². The molecule has 0 aromatic heterocycles. The fraction of sp³-hybridized carbons (Fsp3) is 1.00. The summed E-state index contributed by atoms with van der Waals surface area (Å²) < 4.78 is 10.3. The van der Waals surface area contributed by atoms with Gasteiger partial charge in [-0.15, -0.1) is 0 Å². The molecule has 0 saturated heterocycles. The lowest BCUT2D eigenvalue weighted by molar-refractivity contribution is 0.490. The summed E-state index contributed by atoms with van der Waals surface area (Å²) in [6.07, 6.45) is 1.81. The third-order valence-electron chi connectivity index (χ3n) is 0.369. The molecule has 0 aliphatic heterocycles. The van der Waals surface area contributed by atoms with Gasteiger partial charge in [0, 0.05) is 6.66 Å². The van der Waals surface area contributed by atoms with E-state index < -0.39 is 7.37 Å². The van der Waals surface area contributed by atoms with Crippen molar-refractivity contribution in [3.63, 3.8) is 0 Å². The van der Waals surface area contributed by atoms with Crippen molar-refractivity contribution >= 4 is 19.1 Å². The van der Waals surface area contributed by atoms with E-state index in [4.69, 9.17) is 4.89 Å². The smallest absolute Gasteiger partial charge is 0.207 e. The molecule has 1 unspecified atom stereocenters. The van der Waals surface area contributed by atoms with Crippen LogP contribution in [0.2, 0.25) is 0 Å². The normalized spacial score (nSPS) is 18.7. The van der Waals surface area contributed by atoms with Gasteiger partial charge in [-0.05, 0) is 6.26 Å². The summed E-state index contributed by atoms with van der Waals surface area (Å²) >= 11 is 1.40. The van der Waals surface area contributed by atoms with Gasteiger partial charge in [0.1, 0.15) is 0 Å². The van der Waals surface area contributed by atoms with Crippen molar-refractivity contribution in [3.8, 4) is 0 Å². The van der Waals surface area contributed by atoms with Gasteiger partial charge in [0.25, 0.3) is 0 Å². The Morgan fingerprint density at radius 3 is 2.29 bits per heavy atom. The highest BCUT2D eigenvalue weighted by molar-refractivity contribution is 8.04. The third-order valence-corrected chi connectivity index (χ3v) is 3.32. The van der Waals surface area contributed by atoms with Crippen LogP contribution >= 0.6 is 19.1 Å². The lowest BCUT2D eigenvalue weighted by atomic mass is 11.9.